The van der Waals surface area contributed by atoms with Gasteiger partial charge in [-0.05, 0) is 98.3 Å². The number of benzene rings is 2. The molecule has 39 heavy (non-hydrogen) atoms. The monoisotopic (exact) mass is 529 g/mol. The van der Waals surface area contributed by atoms with Crippen molar-refractivity contribution in [2.45, 2.75) is 97.2 Å². The lowest BCUT2D eigenvalue weighted by atomic mass is 9.87. The number of H-pyrrole nitrogens is 1. The third-order valence-electron chi connectivity index (χ3n) is 8.70. The summed E-state index contributed by atoms with van der Waals surface area (Å²) in [7, 11) is 2.25. The Hall–Kier alpha value is -3.09. The molecule has 1 atom stereocenters. The summed E-state index contributed by atoms with van der Waals surface area (Å²) in [5.41, 5.74) is 10.2. The first-order valence-corrected chi connectivity index (χ1v) is 14.5. The first kappa shape index (κ1) is 28.9. The van der Waals surface area contributed by atoms with Gasteiger partial charge in [-0.15, -0.1) is 4.91 Å². The molecule has 1 saturated carbocycles. The van der Waals surface area contributed by atoms with Crippen LogP contribution in [0.2, 0.25) is 0 Å². The van der Waals surface area contributed by atoms with Gasteiger partial charge in [-0.1, -0.05) is 44.2 Å². The molecule has 1 aromatic heterocycles. The van der Waals surface area contributed by atoms with Gasteiger partial charge in [0.1, 0.15) is 11.4 Å². The van der Waals surface area contributed by atoms with E-state index in [0.717, 1.165) is 60.5 Å². The minimum atomic E-state index is 0. The molecular weight excluding hydrogens is 486 g/mol. The number of aromatic nitrogens is 1. The third-order valence-corrected chi connectivity index (χ3v) is 8.70. The zero-order valence-corrected chi connectivity index (χ0v) is 23.9. The minimum absolute atomic E-state index is 0. The van der Waals surface area contributed by atoms with Crippen molar-refractivity contribution in [1.82, 2.24) is 4.90 Å². The first-order chi connectivity index (χ1) is 18.5. The zero-order valence-electron chi connectivity index (χ0n) is 23.9. The molecule has 0 aliphatic heterocycles. The number of aryl methyl sites for hydroxylation is 3. The summed E-state index contributed by atoms with van der Waals surface area (Å²) in [5, 5.41) is 3.36. The molecule has 0 spiro atoms. The molecule has 0 radical (unpaired) electrons. The van der Waals surface area contributed by atoms with Crippen LogP contribution >= 0.6 is 0 Å². The van der Waals surface area contributed by atoms with Gasteiger partial charge in [-0.25, -0.2) is 4.98 Å². The number of nitroso groups, excluding NO2 is 1. The number of rotatable bonds is 9. The molecule has 3 aromatic rings. The van der Waals surface area contributed by atoms with E-state index in [1.807, 2.05) is 12.1 Å². The number of aromatic amines is 1. The molecule has 0 saturated heterocycles. The molecule has 2 aliphatic rings. The SMILES string of the molecule is CCc1ccc(N=O)c(CC)c1-c1cc(OC2CCCC2)c(CN(C)[C@H]2CCCc3ccccc32)c(C)[nH+]1.[OH-]. The van der Waals surface area contributed by atoms with E-state index < -0.39 is 0 Å². The fraction of sp³-hybridized carbons (Fsp3) is 0.485. The van der Waals surface area contributed by atoms with Crippen molar-refractivity contribution >= 4 is 5.69 Å². The fourth-order valence-electron chi connectivity index (χ4n) is 6.64. The van der Waals surface area contributed by atoms with Gasteiger partial charge >= 0.3 is 0 Å². The van der Waals surface area contributed by atoms with E-state index in [-0.39, 0.29) is 11.6 Å². The van der Waals surface area contributed by atoms with Crippen molar-refractivity contribution in [3.8, 4) is 17.0 Å². The van der Waals surface area contributed by atoms with E-state index in [9.17, 15) is 4.91 Å². The van der Waals surface area contributed by atoms with E-state index in [1.165, 1.54) is 54.4 Å². The minimum Gasteiger partial charge on any atom is -0.870 e. The molecule has 2 aromatic carbocycles. The second kappa shape index (κ2) is 12.8. The number of ether oxygens (including phenoxy) is 1. The smallest absolute Gasteiger partial charge is 0.215 e. The van der Waals surface area contributed by atoms with Crippen molar-refractivity contribution in [2.24, 2.45) is 5.18 Å². The van der Waals surface area contributed by atoms with Crippen LogP contribution in [0.15, 0.2) is 47.6 Å². The summed E-state index contributed by atoms with van der Waals surface area (Å²) in [6.45, 7) is 7.25. The van der Waals surface area contributed by atoms with Crippen molar-refractivity contribution < 1.29 is 15.2 Å². The van der Waals surface area contributed by atoms with Crippen molar-refractivity contribution in [2.75, 3.05) is 7.05 Å². The Morgan fingerprint density at radius 2 is 1.77 bits per heavy atom. The van der Waals surface area contributed by atoms with E-state index in [4.69, 9.17) is 4.74 Å². The average molecular weight is 530 g/mol. The standard InChI is InChI=1S/C33H41N3O2.H2O/c1-5-23-18-19-29(35-37)26(6-2)33(23)30-20-32(38-25-14-8-9-15-25)28(22(3)34-30)21-36(4)31-17-11-13-24-12-7-10-16-27(24)31;/h7,10,12,16,18-20,25,31H,5-6,8-9,11,13-15,17,21H2,1-4H3;1H2/t31-;/m0./s1. The van der Waals surface area contributed by atoms with Crippen LogP contribution in [0.1, 0.15) is 91.9 Å². The number of fused-ring (bicyclic) bond motifs is 1. The maximum absolute atomic E-state index is 11.7. The van der Waals surface area contributed by atoms with Gasteiger partial charge in [-0.3, -0.25) is 4.90 Å². The highest BCUT2D eigenvalue weighted by Gasteiger charge is 2.29. The highest BCUT2D eigenvalue weighted by molar-refractivity contribution is 5.73. The summed E-state index contributed by atoms with van der Waals surface area (Å²) < 4.78 is 6.78. The van der Waals surface area contributed by atoms with Gasteiger partial charge in [-0.2, -0.15) is 0 Å². The van der Waals surface area contributed by atoms with Crippen LogP contribution in [-0.4, -0.2) is 23.5 Å². The summed E-state index contributed by atoms with van der Waals surface area (Å²) in [6, 6.07) is 15.5. The normalized spacial score (nSPS) is 17.1. The van der Waals surface area contributed by atoms with Crippen LogP contribution in [0, 0.1) is 11.8 Å². The highest BCUT2D eigenvalue weighted by Crippen LogP contribution is 2.39. The maximum Gasteiger partial charge on any atom is 0.215 e. The van der Waals surface area contributed by atoms with Crippen LogP contribution in [0.3, 0.4) is 0 Å². The number of pyridine rings is 1. The molecule has 6 nitrogen and oxygen atoms in total. The molecule has 1 fully saturated rings. The van der Waals surface area contributed by atoms with Gasteiger partial charge in [0.25, 0.3) is 0 Å². The van der Waals surface area contributed by atoms with Gasteiger partial charge in [0.05, 0.1) is 23.3 Å². The highest BCUT2D eigenvalue weighted by atomic mass is 16.5. The van der Waals surface area contributed by atoms with E-state index >= 15 is 0 Å². The lowest BCUT2D eigenvalue weighted by molar-refractivity contribution is -0.375. The second-order valence-corrected chi connectivity index (χ2v) is 11.1. The lowest BCUT2D eigenvalue weighted by Gasteiger charge is -2.33. The Morgan fingerprint density at radius 1 is 1.00 bits per heavy atom. The van der Waals surface area contributed by atoms with E-state index in [0.29, 0.717) is 11.7 Å². The zero-order chi connectivity index (χ0) is 26.6. The molecule has 6 heteroatoms. The van der Waals surface area contributed by atoms with Gasteiger partial charge in [0.15, 0.2) is 5.69 Å². The second-order valence-electron chi connectivity index (χ2n) is 11.1. The van der Waals surface area contributed by atoms with E-state index in [2.05, 4.69) is 73.2 Å². The van der Waals surface area contributed by atoms with Crippen molar-refractivity contribution in [1.29, 1.82) is 0 Å². The quantitative estimate of drug-likeness (QED) is 0.266. The van der Waals surface area contributed by atoms with Crippen molar-refractivity contribution in [3.05, 3.63) is 80.9 Å². The predicted octanol–water partition coefficient (Wildman–Crippen LogP) is 7.65. The average Bonchev–Trinajstić information content (AvgIpc) is 3.46. The fourth-order valence-corrected chi connectivity index (χ4v) is 6.64. The lowest BCUT2D eigenvalue weighted by Crippen LogP contribution is -2.29. The molecule has 2 N–H and O–H groups in total. The predicted molar refractivity (Wildman–Crippen MR) is 156 cm³/mol. The molecule has 0 amide bonds. The van der Waals surface area contributed by atoms with Crippen LogP contribution in [0.4, 0.5) is 5.69 Å². The summed E-state index contributed by atoms with van der Waals surface area (Å²) >= 11 is 0. The number of nitrogens with one attached hydrogen (secondary N) is 1. The van der Waals surface area contributed by atoms with Gasteiger partial charge in [0.2, 0.25) is 5.69 Å². The van der Waals surface area contributed by atoms with Gasteiger partial charge in [0, 0.05) is 19.5 Å². The molecule has 1 heterocycles. The molecular formula is C33H43N3O3. The molecule has 0 bridgehead atoms. The van der Waals surface area contributed by atoms with Crippen LogP contribution in [0.5, 0.6) is 5.75 Å². The van der Waals surface area contributed by atoms with Crippen molar-refractivity contribution in [3.63, 3.8) is 0 Å². The Labute approximate surface area is 233 Å². The Morgan fingerprint density at radius 3 is 2.49 bits per heavy atom. The number of hydrogen-bond acceptors (Lipinski definition) is 5. The first-order valence-electron chi connectivity index (χ1n) is 14.5. The van der Waals surface area contributed by atoms with E-state index in [1.54, 1.807) is 0 Å². The molecule has 5 rings (SSSR count). The van der Waals surface area contributed by atoms with Crippen LogP contribution in [0.25, 0.3) is 11.3 Å². The Balaban J connectivity index is 0.00000353. The maximum atomic E-state index is 11.7. The van der Waals surface area contributed by atoms with Gasteiger partial charge < -0.3 is 10.2 Å². The summed E-state index contributed by atoms with van der Waals surface area (Å²) in [6.07, 6.45) is 10.2. The van der Waals surface area contributed by atoms with Crippen LogP contribution in [-0.2, 0) is 25.8 Å². The summed E-state index contributed by atoms with van der Waals surface area (Å²) in [5.74, 6) is 0.979. The summed E-state index contributed by atoms with van der Waals surface area (Å²) in [4.78, 5) is 17.9. The molecule has 208 valence electrons. The molecule has 0 unspecified atom stereocenters. The topological polar surface area (TPSA) is 86.0 Å². The number of hydrogen-bond donors (Lipinski definition) is 0. The Bertz CT molecular complexity index is 1300. The third kappa shape index (κ3) is 5.92. The number of nitrogens with zero attached hydrogens (tertiary/aromatic N) is 2. The van der Waals surface area contributed by atoms with Crippen LogP contribution < -0.4 is 9.72 Å². The largest absolute Gasteiger partial charge is 0.870 e. The molecule has 2 aliphatic carbocycles. The Kier molecular flexibility index (Phi) is 9.52.